The molecule has 3 rings (SSSR count). The summed E-state index contributed by atoms with van der Waals surface area (Å²) < 4.78 is 4.79. The number of aromatic hydroxyl groups is 1. The number of methoxy groups -OCH3 is 1. The lowest BCUT2D eigenvalue weighted by Crippen LogP contribution is -2.07. The highest BCUT2D eigenvalue weighted by molar-refractivity contribution is 6.04. The SMILES string of the molecule is COC(=O)c1c2c(c3ccccc3c1O)CCC2. The Morgan fingerprint density at radius 2 is 1.83 bits per heavy atom. The summed E-state index contributed by atoms with van der Waals surface area (Å²) in [7, 11) is 1.35. The zero-order valence-electron chi connectivity index (χ0n) is 10.2. The molecular formula is C15H14O3. The molecule has 3 nitrogen and oxygen atoms in total. The van der Waals surface area contributed by atoms with E-state index in [-0.39, 0.29) is 5.75 Å². The van der Waals surface area contributed by atoms with Gasteiger partial charge in [-0.15, -0.1) is 0 Å². The number of carbonyl (C=O) groups excluding carboxylic acids is 1. The van der Waals surface area contributed by atoms with Crippen molar-refractivity contribution in [2.75, 3.05) is 7.11 Å². The molecule has 0 bridgehead atoms. The highest BCUT2D eigenvalue weighted by atomic mass is 16.5. The molecule has 1 N–H and O–H groups in total. The molecule has 2 aromatic carbocycles. The number of carbonyl (C=O) groups is 1. The van der Waals surface area contributed by atoms with Crippen molar-refractivity contribution < 1.29 is 14.6 Å². The molecule has 0 spiro atoms. The number of esters is 1. The number of phenols is 1. The zero-order valence-corrected chi connectivity index (χ0v) is 10.2. The van der Waals surface area contributed by atoms with E-state index in [4.69, 9.17) is 4.74 Å². The summed E-state index contributed by atoms with van der Waals surface area (Å²) in [6, 6.07) is 7.67. The molecule has 0 radical (unpaired) electrons. The number of hydrogen-bond donors (Lipinski definition) is 1. The maximum absolute atomic E-state index is 11.9. The highest BCUT2D eigenvalue weighted by Crippen LogP contribution is 2.39. The van der Waals surface area contributed by atoms with E-state index in [1.54, 1.807) is 0 Å². The molecule has 1 aliphatic rings. The van der Waals surface area contributed by atoms with Crippen LogP contribution in [-0.4, -0.2) is 18.2 Å². The minimum atomic E-state index is -0.448. The molecule has 18 heavy (non-hydrogen) atoms. The summed E-state index contributed by atoms with van der Waals surface area (Å²) >= 11 is 0. The Bertz CT molecular complexity index is 644. The van der Waals surface area contributed by atoms with Gasteiger partial charge >= 0.3 is 5.97 Å². The Morgan fingerprint density at radius 3 is 2.56 bits per heavy atom. The van der Waals surface area contributed by atoms with Gasteiger partial charge in [-0.3, -0.25) is 0 Å². The third-order valence-corrected chi connectivity index (χ3v) is 3.65. The van der Waals surface area contributed by atoms with Crippen molar-refractivity contribution in [3.8, 4) is 5.75 Å². The number of phenolic OH excluding ortho intramolecular Hbond substituents is 1. The zero-order chi connectivity index (χ0) is 12.7. The van der Waals surface area contributed by atoms with Gasteiger partial charge in [-0.2, -0.15) is 0 Å². The molecule has 0 aromatic heterocycles. The van der Waals surface area contributed by atoms with Gasteiger partial charge in [0.1, 0.15) is 11.3 Å². The first kappa shape index (κ1) is 11.1. The Morgan fingerprint density at radius 1 is 1.17 bits per heavy atom. The summed E-state index contributed by atoms with van der Waals surface area (Å²) in [4.78, 5) is 11.9. The van der Waals surface area contributed by atoms with Gasteiger partial charge < -0.3 is 9.84 Å². The number of benzene rings is 2. The molecule has 1 aliphatic carbocycles. The highest BCUT2D eigenvalue weighted by Gasteiger charge is 2.26. The fourth-order valence-electron chi connectivity index (χ4n) is 2.87. The van der Waals surface area contributed by atoms with E-state index in [0.717, 1.165) is 35.6 Å². The van der Waals surface area contributed by atoms with Gasteiger partial charge in [0.05, 0.1) is 7.11 Å². The number of aryl methyl sites for hydroxylation is 1. The minimum Gasteiger partial charge on any atom is -0.506 e. The second-order valence-corrected chi connectivity index (χ2v) is 4.57. The van der Waals surface area contributed by atoms with E-state index in [0.29, 0.717) is 5.56 Å². The van der Waals surface area contributed by atoms with E-state index in [1.165, 1.54) is 12.7 Å². The minimum absolute atomic E-state index is 0.0538. The molecule has 0 unspecified atom stereocenters. The van der Waals surface area contributed by atoms with Crippen LogP contribution in [-0.2, 0) is 17.6 Å². The van der Waals surface area contributed by atoms with Gasteiger partial charge in [-0.05, 0) is 35.8 Å². The predicted octanol–water partition coefficient (Wildman–Crippen LogP) is 2.82. The van der Waals surface area contributed by atoms with Crippen LogP contribution in [0.4, 0.5) is 0 Å². The predicted molar refractivity (Wildman–Crippen MR) is 69.0 cm³/mol. The molecule has 0 saturated carbocycles. The van der Waals surface area contributed by atoms with Crippen LogP contribution in [0.5, 0.6) is 5.75 Å². The first-order valence-corrected chi connectivity index (χ1v) is 6.07. The molecule has 0 aliphatic heterocycles. The maximum atomic E-state index is 11.9. The number of ether oxygens (including phenoxy) is 1. The molecule has 0 saturated heterocycles. The van der Waals surface area contributed by atoms with Crippen LogP contribution in [0.2, 0.25) is 0 Å². The lowest BCUT2D eigenvalue weighted by molar-refractivity contribution is 0.0596. The van der Waals surface area contributed by atoms with Gasteiger partial charge in [-0.1, -0.05) is 24.3 Å². The van der Waals surface area contributed by atoms with Crippen molar-refractivity contribution in [3.63, 3.8) is 0 Å². The van der Waals surface area contributed by atoms with Crippen molar-refractivity contribution in [3.05, 3.63) is 41.0 Å². The summed E-state index contributed by atoms with van der Waals surface area (Å²) in [6.07, 6.45) is 2.81. The largest absolute Gasteiger partial charge is 0.506 e. The van der Waals surface area contributed by atoms with Crippen LogP contribution in [0.25, 0.3) is 10.8 Å². The lowest BCUT2D eigenvalue weighted by Gasteiger charge is -2.13. The smallest absolute Gasteiger partial charge is 0.341 e. The van der Waals surface area contributed by atoms with Gasteiger partial charge in [0.2, 0.25) is 0 Å². The van der Waals surface area contributed by atoms with E-state index < -0.39 is 5.97 Å². The van der Waals surface area contributed by atoms with E-state index >= 15 is 0 Å². The normalized spacial score (nSPS) is 13.6. The fourth-order valence-corrected chi connectivity index (χ4v) is 2.87. The van der Waals surface area contributed by atoms with Crippen LogP contribution in [0.1, 0.15) is 27.9 Å². The Labute approximate surface area is 105 Å². The van der Waals surface area contributed by atoms with Crippen LogP contribution >= 0.6 is 0 Å². The summed E-state index contributed by atoms with van der Waals surface area (Å²) in [5.41, 5.74) is 2.49. The monoisotopic (exact) mass is 242 g/mol. The number of hydrogen-bond acceptors (Lipinski definition) is 3. The van der Waals surface area contributed by atoms with Gasteiger partial charge in [0.15, 0.2) is 0 Å². The molecule has 0 amide bonds. The number of fused-ring (bicyclic) bond motifs is 3. The second kappa shape index (κ2) is 4.02. The molecule has 3 heteroatoms. The van der Waals surface area contributed by atoms with Crippen LogP contribution < -0.4 is 0 Å². The first-order chi connectivity index (χ1) is 8.74. The van der Waals surface area contributed by atoms with Crippen molar-refractivity contribution in [2.45, 2.75) is 19.3 Å². The van der Waals surface area contributed by atoms with Crippen molar-refractivity contribution in [2.24, 2.45) is 0 Å². The summed E-state index contributed by atoms with van der Waals surface area (Å²) in [5, 5.41) is 12.1. The van der Waals surface area contributed by atoms with Crippen LogP contribution in [0.3, 0.4) is 0 Å². The molecule has 92 valence electrons. The van der Waals surface area contributed by atoms with Crippen molar-refractivity contribution in [1.82, 2.24) is 0 Å². The second-order valence-electron chi connectivity index (χ2n) is 4.57. The average molecular weight is 242 g/mol. The standard InChI is InChI=1S/C15H14O3/c1-18-15(17)13-11-8-4-7-9(11)10-5-2-3-6-12(10)14(13)16/h2-3,5-6,16H,4,7-8H2,1H3. The topological polar surface area (TPSA) is 46.5 Å². The molecular weight excluding hydrogens is 228 g/mol. The van der Waals surface area contributed by atoms with Crippen LogP contribution in [0, 0.1) is 0 Å². The van der Waals surface area contributed by atoms with E-state index in [2.05, 4.69) is 0 Å². The summed E-state index contributed by atoms with van der Waals surface area (Å²) in [5.74, 6) is -0.394. The molecule has 0 fully saturated rings. The Hall–Kier alpha value is -2.03. The Kier molecular flexibility index (Phi) is 2.47. The van der Waals surface area contributed by atoms with Crippen molar-refractivity contribution in [1.29, 1.82) is 0 Å². The van der Waals surface area contributed by atoms with Crippen molar-refractivity contribution >= 4 is 16.7 Å². The van der Waals surface area contributed by atoms with E-state index in [9.17, 15) is 9.90 Å². The third-order valence-electron chi connectivity index (χ3n) is 3.65. The maximum Gasteiger partial charge on any atom is 0.341 e. The van der Waals surface area contributed by atoms with Gasteiger partial charge in [0.25, 0.3) is 0 Å². The number of rotatable bonds is 1. The summed E-state index contributed by atoms with van der Waals surface area (Å²) in [6.45, 7) is 0. The van der Waals surface area contributed by atoms with Gasteiger partial charge in [0, 0.05) is 5.39 Å². The lowest BCUT2D eigenvalue weighted by atomic mass is 9.94. The quantitative estimate of drug-likeness (QED) is 0.782. The fraction of sp³-hybridized carbons (Fsp3) is 0.267. The average Bonchev–Trinajstić information content (AvgIpc) is 2.88. The van der Waals surface area contributed by atoms with E-state index in [1.807, 2.05) is 24.3 Å². The molecule has 2 aromatic rings. The van der Waals surface area contributed by atoms with Gasteiger partial charge in [-0.25, -0.2) is 4.79 Å². The Balaban J connectivity index is 2.43. The first-order valence-electron chi connectivity index (χ1n) is 6.07. The molecule has 0 heterocycles. The molecule has 0 atom stereocenters. The third kappa shape index (κ3) is 1.40. The van der Waals surface area contributed by atoms with Crippen LogP contribution in [0.15, 0.2) is 24.3 Å².